The standard InChI is InChI=1S/C32H50N6O7S2/c1-21(2)17-27(39)29(40)24(18-22-9-5-3-6-10-22)34-31(42)28(26-20-46-32(33)35-26)36-30(41)25(19-23-11-7-4-8-12-23)37-47(43,44)38-13-15-45-16-14-38/h4,7-8,11-12,20-22,24-25,27-29,37,39-40H,3,5-6,9-10,13-19H2,1-2H3,(H2,33,35)(H,34,42)(H,36,41)/t24-,25-,27-,28-,29+/m0/s1. The second-order valence-electron chi connectivity index (χ2n) is 13.0. The Balaban J connectivity index is 1.59. The Morgan fingerprint density at radius 3 is 2.36 bits per heavy atom. The van der Waals surface area contributed by atoms with Gasteiger partial charge in [0, 0.05) is 18.5 Å². The molecule has 1 aliphatic carbocycles. The number of ether oxygens (including phenoxy) is 1. The van der Waals surface area contributed by atoms with Gasteiger partial charge in [0.05, 0.1) is 31.1 Å². The molecule has 0 spiro atoms. The molecule has 4 rings (SSSR count). The predicted molar refractivity (Wildman–Crippen MR) is 180 cm³/mol. The number of morpholine rings is 1. The maximum absolute atomic E-state index is 14.0. The highest BCUT2D eigenvalue weighted by molar-refractivity contribution is 7.87. The molecule has 2 heterocycles. The van der Waals surface area contributed by atoms with Crippen molar-refractivity contribution >= 4 is 38.5 Å². The Hall–Kier alpha value is -2.66. The van der Waals surface area contributed by atoms with Crippen molar-refractivity contribution in [1.29, 1.82) is 0 Å². The van der Waals surface area contributed by atoms with Gasteiger partial charge in [-0.2, -0.15) is 17.4 Å². The molecule has 1 aromatic heterocycles. The van der Waals surface area contributed by atoms with Crippen molar-refractivity contribution in [3.8, 4) is 0 Å². The van der Waals surface area contributed by atoms with Crippen LogP contribution in [0.5, 0.6) is 0 Å². The Bertz CT molecular complexity index is 1380. The van der Waals surface area contributed by atoms with E-state index < -0.39 is 52.4 Å². The number of carbonyl (C=O) groups excluding carboxylic acids is 2. The minimum absolute atomic E-state index is 0.0220. The van der Waals surface area contributed by atoms with E-state index in [1.54, 1.807) is 29.6 Å². The van der Waals surface area contributed by atoms with Crippen molar-refractivity contribution in [3.63, 3.8) is 0 Å². The molecule has 5 atom stereocenters. The van der Waals surface area contributed by atoms with Crippen LogP contribution in [0.3, 0.4) is 0 Å². The van der Waals surface area contributed by atoms with Gasteiger partial charge < -0.3 is 31.3 Å². The molecule has 2 fully saturated rings. The van der Waals surface area contributed by atoms with Crippen molar-refractivity contribution < 1.29 is 33.0 Å². The Morgan fingerprint density at radius 2 is 1.74 bits per heavy atom. The monoisotopic (exact) mass is 694 g/mol. The number of nitrogens with zero attached hydrogens (tertiary/aromatic N) is 2. The number of aromatic nitrogens is 1. The molecular weight excluding hydrogens is 645 g/mol. The lowest BCUT2D eigenvalue weighted by Gasteiger charge is -2.33. The molecule has 15 heteroatoms. The van der Waals surface area contributed by atoms with E-state index in [-0.39, 0.29) is 55.4 Å². The van der Waals surface area contributed by atoms with E-state index in [0.29, 0.717) is 18.4 Å². The summed E-state index contributed by atoms with van der Waals surface area (Å²) in [6.45, 7) is 4.66. The number of amides is 2. The molecule has 1 saturated carbocycles. The fourth-order valence-electron chi connectivity index (χ4n) is 6.25. The van der Waals surface area contributed by atoms with E-state index in [0.717, 1.165) is 43.4 Å². The first-order chi connectivity index (χ1) is 22.4. The van der Waals surface area contributed by atoms with E-state index in [1.807, 2.05) is 19.9 Å². The molecular formula is C32H50N6O7S2. The van der Waals surface area contributed by atoms with Gasteiger partial charge in [-0.05, 0) is 36.7 Å². The summed E-state index contributed by atoms with van der Waals surface area (Å²) in [6, 6.07) is 5.58. The van der Waals surface area contributed by atoms with E-state index in [9.17, 15) is 28.2 Å². The van der Waals surface area contributed by atoms with E-state index in [2.05, 4.69) is 20.3 Å². The normalized spacial score (nSPS) is 19.9. The molecule has 0 bridgehead atoms. The van der Waals surface area contributed by atoms with E-state index in [1.165, 1.54) is 4.31 Å². The molecule has 47 heavy (non-hydrogen) atoms. The highest BCUT2D eigenvalue weighted by Gasteiger charge is 2.37. The van der Waals surface area contributed by atoms with Crippen molar-refractivity contribution in [3.05, 3.63) is 47.0 Å². The topological polar surface area (TPSA) is 196 Å². The Kier molecular flexibility index (Phi) is 14.0. The molecule has 1 aromatic carbocycles. The number of rotatable bonds is 16. The van der Waals surface area contributed by atoms with Crippen molar-refractivity contribution in [2.45, 2.75) is 95.5 Å². The first kappa shape index (κ1) is 37.2. The quantitative estimate of drug-likeness (QED) is 0.152. The van der Waals surface area contributed by atoms with Gasteiger partial charge in [0.1, 0.15) is 12.1 Å². The predicted octanol–water partition coefficient (Wildman–Crippen LogP) is 1.88. The highest BCUT2D eigenvalue weighted by Crippen LogP contribution is 2.29. The second-order valence-corrected chi connectivity index (χ2v) is 15.6. The third-order valence-electron chi connectivity index (χ3n) is 8.74. The van der Waals surface area contributed by atoms with Crippen LogP contribution in [0.25, 0.3) is 0 Å². The molecule has 2 aromatic rings. The van der Waals surface area contributed by atoms with Gasteiger partial charge >= 0.3 is 0 Å². The summed E-state index contributed by atoms with van der Waals surface area (Å²) >= 11 is 1.10. The second kappa shape index (κ2) is 17.7. The van der Waals surface area contributed by atoms with Gasteiger partial charge in [-0.3, -0.25) is 9.59 Å². The summed E-state index contributed by atoms with van der Waals surface area (Å²) in [7, 11) is -4.08. The number of benzene rings is 1. The van der Waals surface area contributed by atoms with Gasteiger partial charge in [-0.1, -0.05) is 76.3 Å². The minimum atomic E-state index is -4.08. The lowest BCUT2D eigenvalue weighted by molar-refractivity contribution is -0.131. The summed E-state index contributed by atoms with van der Waals surface area (Å²) in [4.78, 5) is 32.3. The van der Waals surface area contributed by atoms with Crippen molar-refractivity contribution in [2.24, 2.45) is 11.8 Å². The maximum Gasteiger partial charge on any atom is 0.280 e. The molecule has 0 unspecified atom stereocenters. The molecule has 2 aliphatic rings. The number of nitrogen functional groups attached to an aromatic ring is 1. The van der Waals surface area contributed by atoms with Crippen LogP contribution in [-0.2, 0) is 31.0 Å². The first-order valence-electron chi connectivity index (χ1n) is 16.5. The largest absolute Gasteiger partial charge is 0.390 e. The number of carbonyl (C=O) groups is 2. The van der Waals surface area contributed by atoms with Crippen LogP contribution in [0.1, 0.15) is 76.1 Å². The first-order valence-corrected chi connectivity index (χ1v) is 18.8. The summed E-state index contributed by atoms with van der Waals surface area (Å²) in [5.74, 6) is -0.988. The third kappa shape index (κ3) is 11.2. The number of aliphatic hydroxyl groups excluding tert-OH is 2. The number of aliphatic hydroxyl groups is 2. The SMILES string of the molecule is CC(C)C[C@H](O)[C@H](O)[C@H](CC1CCCCC1)NC(=O)[C@@H](NC(=O)[C@H](Cc1ccccc1)NS(=O)(=O)N1CCOCC1)c1csc(N)n1. The number of nitrogens with two attached hydrogens (primary N) is 1. The minimum Gasteiger partial charge on any atom is -0.390 e. The molecule has 1 aliphatic heterocycles. The number of nitrogens with one attached hydrogen (secondary N) is 3. The zero-order valence-corrected chi connectivity index (χ0v) is 28.8. The average molecular weight is 695 g/mol. The molecule has 7 N–H and O–H groups in total. The molecule has 1 saturated heterocycles. The number of hydrogen-bond acceptors (Lipinski definition) is 10. The number of thiazole rings is 1. The third-order valence-corrected chi connectivity index (χ3v) is 11.1. The van der Waals surface area contributed by atoms with Gasteiger partial charge in [-0.15, -0.1) is 11.3 Å². The van der Waals surface area contributed by atoms with Crippen molar-refractivity contribution in [1.82, 2.24) is 24.6 Å². The maximum atomic E-state index is 14.0. The van der Waals surface area contributed by atoms with E-state index in [4.69, 9.17) is 10.5 Å². The summed E-state index contributed by atoms with van der Waals surface area (Å²) in [5, 5.41) is 29.5. The lowest BCUT2D eigenvalue weighted by Crippen LogP contribution is -2.57. The summed E-state index contributed by atoms with van der Waals surface area (Å²) in [6.07, 6.45) is 3.76. The Labute approximate surface area is 281 Å². The zero-order chi connectivity index (χ0) is 34.0. The fraction of sp³-hybridized carbons (Fsp3) is 0.656. The van der Waals surface area contributed by atoms with Crippen LogP contribution in [-0.4, -0.2) is 90.3 Å². The van der Waals surface area contributed by atoms with Crippen LogP contribution >= 0.6 is 11.3 Å². The fourth-order valence-corrected chi connectivity index (χ4v) is 8.17. The average Bonchev–Trinajstić information content (AvgIpc) is 3.49. The van der Waals surface area contributed by atoms with Gasteiger partial charge in [-0.25, -0.2) is 4.98 Å². The molecule has 13 nitrogen and oxygen atoms in total. The number of hydrogen-bond donors (Lipinski definition) is 6. The van der Waals surface area contributed by atoms with Gasteiger partial charge in [0.25, 0.3) is 10.2 Å². The molecule has 0 radical (unpaired) electrons. The number of anilines is 1. The molecule has 262 valence electrons. The lowest BCUT2D eigenvalue weighted by atomic mass is 9.82. The van der Waals surface area contributed by atoms with Crippen molar-refractivity contribution in [2.75, 3.05) is 32.0 Å². The summed E-state index contributed by atoms with van der Waals surface area (Å²) in [5.41, 5.74) is 6.81. The molecule has 2 amide bonds. The van der Waals surface area contributed by atoms with Gasteiger partial charge in [0.15, 0.2) is 11.2 Å². The van der Waals surface area contributed by atoms with Crippen LogP contribution in [0, 0.1) is 11.8 Å². The smallest absolute Gasteiger partial charge is 0.280 e. The Morgan fingerprint density at radius 1 is 1.06 bits per heavy atom. The van der Waals surface area contributed by atoms with Crippen LogP contribution < -0.4 is 21.1 Å². The van der Waals surface area contributed by atoms with Gasteiger partial charge in [0.2, 0.25) is 11.8 Å². The zero-order valence-electron chi connectivity index (χ0n) is 27.2. The van der Waals surface area contributed by atoms with Crippen LogP contribution in [0.2, 0.25) is 0 Å². The highest BCUT2D eigenvalue weighted by atomic mass is 32.2. The van der Waals surface area contributed by atoms with Crippen LogP contribution in [0.4, 0.5) is 5.13 Å². The van der Waals surface area contributed by atoms with Crippen LogP contribution in [0.15, 0.2) is 35.7 Å². The summed E-state index contributed by atoms with van der Waals surface area (Å²) < 4.78 is 35.8. The van der Waals surface area contributed by atoms with E-state index >= 15 is 0 Å².